The van der Waals surface area contributed by atoms with Gasteiger partial charge in [0.25, 0.3) is 0 Å². The highest BCUT2D eigenvalue weighted by Crippen LogP contribution is 2.34. The molecule has 1 aromatic rings. The van der Waals surface area contributed by atoms with Crippen molar-refractivity contribution in [3.05, 3.63) is 23.8 Å². The molecule has 0 spiro atoms. The molecule has 16 heavy (non-hydrogen) atoms. The van der Waals surface area contributed by atoms with Crippen molar-refractivity contribution in [3.63, 3.8) is 0 Å². The van der Waals surface area contributed by atoms with Gasteiger partial charge in [0.15, 0.2) is 11.5 Å². The predicted molar refractivity (Wildman–Crippen MR) is 58.6 cm³/mol. The van der Waals surface area contributed by atoms with E-state index in [-0.39, 0.29) is 12.5 Å². The second kappa shape index (κ2) is 4.72. The van der Waals surface area contributed by atoms with E-state index in [0.29, 0.717) is 24.7 Å². The smallest absolute Gasteiger partial charge is 0.161 e. The Labute approximate surface area is 94.4 Å². The van der Waals surface area contributed by atoms with Crippen LogP contribution in [-0.4, -0.2) is 30.0 Å². The van der Waals surface area contributed by atoms with Crippen LogP contribution >= 0.6 is 0 Å². The van der Waals surface area contributed by atoms with E-state index in [1.54, 1.807) is 25.1 Å². The third kappa shape index (κ3) is 2.13. The van der Waals surface area contributed by atoms with E-state index < -0.39 is 6.10 Å². The Morgan fingerprint density at radius 2 is 1.94 bits per heavy atom. The summed E-state index contributed by atoms with van der Waals surface area (Å²) in [5.41, 5.74) is 0.741. The quantitative estimate of drug-likeness (QED) is 0.807. The molecule has 0 aromatic heterocycles. The zero-order valence-electron chi connectivity index (χ0n) is 9.22. The van der Waals surface area contributed by atoms with E-state index >= 15 is 0 Å². The number of aliphatic hydroxyl groups is 2. The molecule has 0 saturated carbocycles. The molecule has 88 valence electrons. The Hall–Kier alpha value is -1.26. The van der Waals surface area contributed by atoms with Crippen LogP contribution in [0.15, 0.2) is 18.2 Å². The van der Waals surface area contributed by atoms with Gasteiger partial charge in [-0.15, -0.1) is 0 Å². The molecule has 2 atom stereocenters. The molecule has 0 fully saturated rings. The lowest BCUT2D eigenvalue weighted by molar-refractivity contribution is 0.0764. The van der Waals surface area contributed by atoms with Gasteiger partial charge >= 0.3 is 0 Å². The molecule has 0 radical (unpaired) electrons. The molecule has 2 rings (SSSR count). The highest BCUT2D eigenvalue weighted by Gasteiger charge is 2.19. The lowest BCUT2D eigenvalue weighted by atomic mass is 9.98. The van der Waals surface area contributed by atoms with Crippen LogP contribution in [0.25, 0.3) is 0 Å². The number of hydrogen-bond acceptors (Lipinski definition) is 4. The van der Waals surface area contributed by atoms with Crippen LogP contribution in [0.2, 0.25) is 0 Å². The molecular weight excluding hydrogens is 208 g/mol. The first-order chi connectivity index (χ1) is 7.72. The molecule has 1 heterocycles. The zero-order chi connectivity index (χ0) is 11.5. The van der Waals surface area contributed by atoms with E-state index in [9.17, 15) is 5.11 Å². The summed E-state index contributed by atoms with van der Waals surface area (Å²) >= 11 is 0. The summed E-state index contributed by atoms with van der Waals surface area (Å²) in [5, 5.41) is 18.9. The molecule has 0 amide bonds. The summed E-state index contributed by atoms with van der Waals surface area (Å²) in [5.74, 6) is 1.18. The zero-order valence-corrected chi connectivity index (χ0v) is 9.22. The first-order valence-electron chi connectivity index (χ1n) is 5.41. The van der Waals surface area contributed by atoms with Gasteiger partial charge in [-0.25, -0.2) is 0 Å². The van der Waals surface area contributed by atoms with Gasteiger partial charge in [0.2, 0.25) is 0 Å². The van der Waals surface area contributed by atoms with Crippen LogP contribution in [-0.2, 0) is 0 Å². The van der Waals surface area contributed by atoms with Crippen molar-refractivity contribution in [2.24, 2.45) is 5.92 Å². The van der Waals surface area contributed by atoms with Gasteiger partial charge in [-0.05, 0) is 17.7 Å². The molecule has 1 aliphatic heterocycles. The Kier molecular flexibility index (Phi) is 3.31. The summed E-state index contributed by atoms with van der Waals surface area (Å²) in [4.78, 5) is 0. The fraction of sp³-hybridized carbons (Fsp3) is 0.500. The van der Waals surface area contributed by atoms with Crippen LogP contribution in [0.5, 0.6) is 11.5 Å². The fourth-order valence-electron chi connectivity index (χ4n) is 1.67. The number of aliphatic hydroxyl groups excluding tert-OH is 2. The third-order valence-corrected chi connectivity index (χ3v) is 2.73. The maximum absolute atomic E-state index is 9.93. The van der Waals surface area contributed by atoms with Crippen LogP contribution < -0.4 is 9.47 Å². The van der Waals surface area contributed by atoms with Gasteiger partial charge in [0.05, 0.1) is 6.10 Å². The van der Waals surface area contributed by atoms with Crippen molar-refractivity contribution in [2.45, 2.75) is 13.0 Å². The molecule has 2 N–H and O–H groups in total. The second-order valence-corrected chi connectivity index (χ2v) is 4.01. The van der Waals surface area contributed by atoms with E-state index in [0.717, 1.165) is 5.56 Å². The van der Waals surface area contributed by atoms with Crippen LogP contribution in [0.3, 0.4) is 0 Å². The summed E-state index contributed by atoms with van der Waals surface area (Å²) in [6.45, 7) is 2.83. The molecule has 1 unspecified atom stereocenters. The summed E-state index contributed by atoms with van der Waals surface area (Å²) in [6, 6.07) is 5.35. The molecule has 0 bridgehead atoms. The minimum Gasteiger partial charge on any atom is -0.486 e. The summed E-state index contributed by atoms with van der Waals surface area (Å²) < 4.78 is 10.8. The highest BCUT2D eigenvalue weighted by molar-refractivity contribution is 5.44. The van der Waals surface area contributed by atoms with Gasteiger partial charge in [0.1, 0.15) is 13.2 Å². The minimum atomic E-state index is -0.680. The number of rotatable bonds is 3. The average Bonchev–Trinajstić information content (AvgIpc) is 2.36. The Balaban J connectivity index is 2.22. The number of fused-ring (bicyclic) bond motifs is 1. The standard InChI is InChI=1S/C12H16O4/c1-8(7-13)12(14)9-2-3-10-11(6-9)16-5-4-15-10/h2-3,6,8,12-14H,4-5,7H2,1H3/t8?,12-/m0/s1. The number of benzene rings is 1. The van der Waals surface area contributed by atoms with Gasteiger partial charge < -0.3 is 19.7 Å². The van der Waals surface area contributed by atoms with Gasteiger partial charge in [0, 0.05) is 12.5 Å². The van der Waals surface area contributed by atoms with Crippen LogP contribution in [0.1, 0.15) is 18.6 Å². The van der Waals surface area contributed by atoms with E-state index in [2.05, 4.69) is 0 Å². The third-order valence-electron chi connectivity index (χ3n) is 2.73. The van der Waals surface area contributed by atoms with Crippen LogP contribution in [0, 0.1) is 5.92 Å². The molecule has 1 aliphatic rings. The average molecular weight is 224 g/mol. The summed E-state index contributed by atoms with van der Waals surface area (Å²) in [7, 11) is 0. The Bertz CT molecular complexity index is 364. The largest absolute Gasteiger partial charge is 0.486 e. The van der Waals surface area contributed by atoms with Crippen LogP contribution in [0.4, 0.5) is 0 Å². The van der Waals surface area contributed by atoms with Gasteiger partial charge in [-0.3, -0.25) is 0 Å². The normalized spacial score (nSPS) is 17.9. The van der Waals surface area contributed by atoms with E-state index in [4.69, 9.17) is 14.6 Å². The van der Waals surface area contributed by atoms with Crippen molar-refractivity contribution in [1.82, 2.24) is 0 Å². The maximum atomic E-state index is 9.93. The van der Waals surface area contributed by atoms with Crippen molar-refractivity contribution in [3.8, 4) is 11.5 Å². The number of ether oxygens (including phenoxy) is 2. The predicted octanol–water partition coefficient (Wildman–Crippen LogP) is 1.12. The van der Waals surface area contributed by atoms with Crippen molar-refractivity contribution < 1.29 is 19.7 Å². The SMILES string of the molecule is CC(CO)[C@H](O)c1ccc2c(c1)OCCO2. The molecule has 4 nitrogen and oxygen atoms in total. The molecular formula is C12H16O4. The molecule has 0 saturated heterocycles. The lowest BCUT2D eigenvalue weighted by Gasteiger charge is -2.22. The summed E-state index contributed by atoms with van der Waals surface area (Å²) in [6.07, 6.45) is -0.680. The number of hydrogen-bond donors (Lipinski definition) is 2. The fourth-order valence-corrected chi connectivity index (χ4v) is 1.67. The highest BCUT2D eigenvalue weighted by atomic mass is 16.6. The second-order valence-electron chi connectivity index (χ2n) is 4.01. The van der Waals surface area contributed by atoms with Crippen molar-refractivity contribution in [2.75, 3.05) is 19.8 Å². The van der Waals surface area contributed by atoms with Gasteiger partial charge in [-0.2, -0.15) is 0 Å². The Morgan fingerprint density at radius 3 is 2.62 bits per heavy atom. The monoisotopic (exact) mass is 224 g/mol. The minimum absolute atomic E-state index is 0.0460. The van der Waals surface area contributed by atoms with Crippen molar-refractivity contribution in [1.29, 1.82) is 0 Å². The first kappa shape index (κ1) is 11.2. The van der Waals surface area contributed by atoms with Crippen molar-refractivity contribution >= 4 is 0 Å². The lowest BCUT2D eigenvalue weighted by Crippen LogP contribution is -2.17. The molecule has 1 aromatic carbocycles. The van der Waals surface area contributed by atoms with E-state index in [1.165, 1.54) is 0 Å². The Morgan fingerprint density at radius 1 is 1.25 bits per heavy atom. The first-order valence-corrected chi connectivity index (χ1v) is 5.41. The maximum Gasteiger partial charge on any atom is 0.161 e. The molecule has 4 heteroatoms. The van der Waals surface area contributed by atoms with Gasteiger partial charge in [-0.1, -0.05) is 13.0 Å². The molecule has 0 aliphatic carbocycles. The topological polar surface area (TPSA) is 58.9 Å². The van der Waals surface area contributed by atoms with E-state index in [1.807, 2.05) is 0 Å².